The number of pyridine rings is 1. The molecule has 2 aromatic carbocycles. The summed E-state index contributed by atoms with van der Waals surface area (Å²) in [6.07, 6.45) is 3.60. The number of carbonyl (C=O) groups is 1. The molecule has 7 nitrogen and oxygen atoms in total. The number of amides is 1. The molecule has 0 spiro atoms. The van der Waals surface area contributed by atoms with Crippen LogP contribution in [-0.2, 0) is 0 Å². The maximum atomic E-state index is 12.9. The zero-order valence-corrected chi connectivity index (χ0v) is 20.8. The van der Waals surface area contributed by atoms with E-state index in [1.165, 1.54) is 0 Å². The van der Waals surface area contributed by atoms with Gasteiger partial charge in [-0.05, 0) is 81.7 Å². The van der Waals surface area contributed by atoms with Crippen molar-refractivity contribution in [2.45, 2.75) is 32.7 Å². The van der Waals surface area contributed by atoms with E-state index in [1.54, 1.807) is 20.2 Å². The van der Waals surface area contributed by atoms with Gasteiger partial charge in [-0.1, -0.05) is 24.3 Å². The van der Waals surface area contributed by atoms with Gasteiger partial charge in [-0.3, -0.25) is 4.79 Å². The monoisotopic (exact) mass is 471 g/mol. The summed E-state index contributed by atoms with van der Waals surface area (Å²) in [6.45, 7) is 5.71. The number of carbonyl (C=O) groups excluding carboxylic acids is 1. The van der Waals surface area contributed by atoms with Gasteiger partial charge < -0.3 is 25.7 Å². The molecule has 1 fully saturated rings. The van der Waals surface area contributed by atoms with Gasteiger partial charge in [-0.2, -0.15) is 0 Å². The van der Waals surface area contributed by atoms with E-state index in [1.807, 2.05) is 55.5 Å². The van der Waals surface area contributed by atoms with Gasteiger partial charge in [0.15, 0.2) is 0 Å². The van der Waals surface area contributed by atoms with Crippen LogP contribution < -0.4 is 15.4 Å². The number of nitrogens with zero attached hydrogens (tertiary/aromatic N) is 2. The second kappa shape index (κ2) is 10.7. The SMILES string of the molecule is CNc1cc(Oc2cccc(-c3ccc(C(=O)NC4CCN(C)CC4)c(C)c3)c2)cnc1C(C)=N. The Morgan fingerprint density at radius 1 is 1.09 bits per heavy atom. The molecule has 7 heteroatoms. The van der Waals surface area contributed by atoms with Crippen molar-refractivity contribution in [1.82, 2.24) is 15.2 Å². The average molecular weight is 472 g/mol. The molecular weight excluding hydrogens is 438 g/mol. The van der Waals surface area contributed by atoms with Crippen molar-refractivity contribution >= 4 is 17.3 Å². The smallest absolute Gasteiger partial charge is 0.251 e. The molecule has 4 rings (SSSR count). The topological polar surface area (TPSA) is 90.3 Å². The third-order valence-corrected chi connectivity index (χ3v) is 6.42. The van der Waals surface area contributed by atoms with Crippen molar-refractivity contribution in [2.24, 2.45) is 0 Å². The Labute approximate surface area is 207 Å². The van der Waals surface area contributed by atoms with Crippen LogP contribution in [-0.4, -0.2) is 54.7 Å². The highest BCUT2D eigenvalue weighted by Gasteiger charge is 2.20. The van der Waals surface area contributed by atoms with Crippen LogP contribution in [0.15, 0.2) is 54.7 Å². The lowest BCUT2D eigenvalue weighted by molar-refractivity contribution is 0.0916. The Bertz CT molecular complexity index is 1230. The minimum absolute atomic E-state index is 0.00265. The average Bonchev–Trinajstić information content (AvgIpc) is 2.85. The molecule has 0 atom stereocenters. The first-order valence-electron chi connectivity index (χ1n) is 12.0. The molecule has 0 bridgehead atoms. The number of aryl methyl sites for hydroxylation is 1. The molecule has 1 aromatic heterocycles. The van der Waals surface area contributed by atoms with Gasteiger partial charge in [-0.25, -0.2) is 4.98 Å². The van der Waals surface area contributed by atoms with Gasteiger partial charge in [0.2, 0.25) is 0 Å². The maximum Gasteiger partial charge on any atom is 0.251 e. The highest BCUT2D eigenvalue weighted by atomic mass is 16.5. The second-order valence-corrected chi connectivity index (χ2v) is 9.15. The van der Waals surface area contributed by atoms with Crippen LogP contribution in [0.2, 0.25) is 0 Å². The fourth-order valence-corrected chi connectivity index (χ4v) is 4.38. The summed E-state index contributed by atoms with van der Waals surface area (Å²) in [5.41, 5.74) is 5.42. The third kappa shape index (κ3) is 5.87. The minimum atomic E-state index is -0.00265. The molecule has 1 aliphatic rings. The summed E-state index contributed by atoms with van der Waals surface area (Å²) in [5, 5.41) is 14.1. The Hall–Kier alpha value is -3.71. The minimum Gasteiger partial charge on any atom is -0.456 e. The van der Waals surface area contributed by atoms with Gasteiger partial charge in [0.05, 0.1) is 17.6 Å². The number of rotatable bonds is 7. The van der Waals surface area contributed by atoms with Crippen molar-refractivity contribution < 1.29 is 9.53 Å². The van der Waals surface area contributed by atoms with E-state index in [2.05, 4.69) is 27.6 Å². The molecule has 0 aliphatic carbocycles. The summed E-state index contributed by atoms with van der Waals surface area (Å²) in [6, 6.07) is 15.9. The molecular formula is C28H33N5O2. The predicted molar refractivity (Wildman–Crippen MR) is 141 cm³/mol. The van der Waals surface area contributed by atoms with Crippen molar-refractivity contribution in [2.75, 3.05) is 32.5 Å². The Balaban J connectivity index is 1.49. The summed E-state index contributed by atoms with van der Waals surface area (Å²) in [4.78, 5) is 19.5. The molecule has 3 aromatic rings. The number of anilines is 1. The zero-order valence-electron chi connectivity index (χ0n) is 20.8. The lowest BCUT2D eigenvalue weighted by Crippen LogP contribution is -2.43. The number of hydrogen-bond donors (Lipinski definition) is 3. The number of nitrogens with one attached hydrogen (secondary N) is 3. The molecule has 35 heavy (non-hydrogen) atoms. The first-order valence-corrected chi connectivity index (χ1v) is 12.0. The van der Waals surface area contributed by atoms with Crippen LogP contribution in [0.4, 0.5) is 5.69 Å². The zero-order chi connectivity index (χ0) is 24.9. The van der Waals surface area contributed by atoms with E-state index in [4.69, 9.17) is 10.1 Å². The van der Waals surface area contributed by atoms with Crippen LogP contribution >= 0.6 is 0 Å². The standard InChI is InChI=1S/C28H33N5O2/c1-18-14-21(8-9-25(18)28(34)32-22-10-12-33(4)13-11-22)20-6-5-7-23(15-20)35-24-16-26(30-3)27(19(2)29)31-17-24/h5-9,14-17,22,29-30H,10-13H2,1-4H3,(H,32,34). The maximum absolute atomic E-state index is 12.9. The van der Waals surface area contributed by atoms with E-state index in [9.17, 15) is 4.79 Å². The fourth-order valence-electron chi connectivity index (χ4n) is 4.38. The van der Waals surface area contributed by atoms with Crippen LogP contribution in [0.1, 0.15) is 41.4 Å². The van der Waals surface area contributed by atoms with Crippen molar-refractivity contribution in [1.29, 1.82) is 5.41 Å². The van der Waals surface area contributed by atoms with Crippen molar-refractivity contribution in [3.63, 3.8) is 0 Å². The number of piperidine rings is 1. The lowest BCUT2D eigenvalue weighted by atomic mass is 9.98. The summed E-state index contributed by atoms with van der Waals surface area (Å²) >= 11 is 0. The fraction of sp³-hybridized carbons (Fsp3) is 0.321. The number of hydrogen-bond acceptors (Lipinski definition) is 6. The van der Waals surface area contributed by atoms with Crippen LogP contribution in [0.25, 0.3) is 11.1 Å². The molecule has 0 unspecified atom stereocenters. The molecule has 1 aliphatic heterocycles. The van der Waals surface area contributed by atoms with Gasteiger partial charge in [0.25, 0.3) is 5.91 Å². The molecule has 3 N–H and O–H groups in total. The lowest BCUT2D eigenvalue weighted by Gasteiger charge is -2.29. The van der Waals surface area contributed by atoms with Crippen LogP contribution in [0.5, 0.6) is 11.5 Å². The van der Waals surface area contributed by atoms with Gasteiger partial charge in [0.1, 0.15) is 17.2 Å². The summed E-state index contributed by atoms with van der Waals surface area (Å²) in [5.74, 6) is 1.28. The Morgan fingerprint density at radius 3 is 2.51 bits per heavy atom. The summed E-state index contributed by atoms with van der Waals surface area (Å²) in [7, 11) is 3.92. The molecule has 182 valence electrons. The highest BCUT2D eigenvalue weighted by molar-refractivity contribution is 5.99. The van der Waals surface area contributed by atoms with Crippen molar-refractivity contribution in [3.05, 3.63) is 71.5 Å². The number of ether oxygens (including phenoxy) is 1. The molecule has 1 saturated heterocycles. The van der Waals surface area contributed by atoms with E-state index in [0.29, 0.717) is 28.5 Å². The van der Waals surface area contributed by atoms with E-state index >= 15 is 0 Å². The first-order chi connectivity index (χ1) is 16.8. The summed E-state index contributed by atoms with van der Waals surface area (Å²) < 4.78 is 6.06. The van der Waals surface area contributed by atoms with Gasteiger partial charge in [-0.15, -0.1) is 0 Å². The van der Waals surface area contributed by atoms with Crippen molar-refractivity contribution in [3.8, 4) is 22.6 Å². The van der Waals surface area contributed by atoms with E-state index < -0.39 is 0 Å². The normalized spacial score (nSPS) is 14.4. The number of likely N-dealkylation sites (tertiary alicyclic amines) is 1. The van der Waals surface area contributed by atoms with Crippen LogP contribution in [0.3, 0.4) is 0 Å². The third-order valence-electron chi connectivity index (χ3n) is 6.42. The number of aromatic nitrogens is 1. The number of benzene rings is 2. The van der Waals surface area contributed by atoms with E-state index in [0.717, 1.165) is 48.3 Å². The molecule has 0 saturated carbocycles. The molecule has 2 heterocycles. The molecule has 0 radical (unpaired) electrons. The highest BCUT2D eigenvalue weighted by Crippen LogP contribution is 2.30. The largest absolute Gasteiger partial charge is 0.456 e. The molecule has 1 amide bonds. The second-order valence-electron chi connectivity index (χ2n) is 9.15. The van der Waals surface area contributed by atoms with Crippen LogP contribution in [0, 0.1) is 12.3 Å². The Morgan fingerprint density at radius 2 is 1.83 bits per heavy atom. The van der Waals surface area contributed by atoms with Gasteiger partial charge >= 0.3 is 0 Å². The quantitative estimate of drug-likeness (QED) is 0.417. The van der Waals surface area contributed by atoms with Gasteiger partial charge in [0, 0.05) is 24.7 Å². The first kappa shape index (κ1) is 24.4. The predicted octanol–water partition coefficient (Wildman–Crippen LogP) is 5.10. The Kier molecular flexibility index (Phi) is 7.46. The van der Waals surface area contributed by atoms with E-state index in [-0.39, 0.29) is 11.9 Å².